The summed E-state index contributed by atoms with van der Waals surface area (Å²) in [5.41, 5.74) is 1.52. The molecule has 0 unspecified atom stereocenters. The minimum Gasteiger partial charge on any atom is -0.379 e. The minimum atomic E-state index is -3.59. The molecule has 32 heavy (non-hydrogen) atoms. The summed E-state index contributed by atoms with van der Waals surface area (Å²) in [6, 6.07) is 12.9. The quantitative estimate of drug-likeness (QED) is 0.703. The number of ether oxygens (including phenoxy) is 1. The van der Waals surface area contributed by atoms with Crippen molar-refractivity contribution in [2.24, 2.45) is 0 Å². The highest BCUT2D eigenvalue weighted by Crippen LogP contribution is 2.21. The third-order valence-electron chi connectivity index (χ3n) is 5.71. The van der Waals surface area contributed by atoms with Gasteiger partial charge in [-0.3, -0.25) is 4.79 Å². The third kappa shape index (κ3) is 5.20. The summed E-state index contributed by atoms with van der Waals surface area (Å²) in [6.07, 6.45) is 0. The maximum Gasteiger partial charge on any atom is 0.243 e. The van der Waals surface area contributed by atoms with Crippen molar-refractivity contribution in [2.75, 3.05) is 69.2 Å². The van der Waals surface area contributed by atoms with E-state index in [0.717, 1.165) is 5.69 Å². The molecule has 1 amide bonds. The van der Waals surface area contributed by atoms with E-state index in [9.17, 15) is 17.6 Å². The average Bonchev–Trinajstić information content (AvgIpc) is 2.84. The molecule has 2 aromatic rings. The number of morpholine rings is 1. The van der Waals surface area contributed by atoms with Crippen LogP contribution in [0.15, 0.2) is 53.4 Å². The number of nitrogens with one attached hydrogen (secondary N) is 1. The number of anilines is 2. The van der Waals surface area contributed by atoms with Crippen LogP contribution in [-0.2, 0) is 19.6 Å². The van der Waals surface area contributed by atoms with Gasteiger partial charge in [-0.2, -0.15) is 4.31 Å². The Bertz CT molecular complexity index is 1030. The molecule has 4 rings (SSSR count). The Hall–Kier alpha value is -2.69. The number of piperazine rings is 1. The van der Waals surface area contributed by atoms with Crippen LogP contribution in [0.2, 0.25) is 0 Å². The Kier molecular flexibility index (Phi) is 6.92. The fourth-order valence-corrected chi connectivity index (χ4v) is 5.31. The van der Waals surface area contributed by atoms with Gasteiger partial charge < -0.3 is 19.9 Å². The summed E-state index contributed by atoms with van der Waals surface area (Å²) in [7, 11) is -3.59. The van der Waals surface area contributed by atoms with Gasteiger partial charge in [-0.1, -0.05) is 6.07 Å². The average molecular weight is 463 g/mol. The van der Waals surface area contributed by atoms with Crippen molar-refractivity contribution in [1.82, 2.24) is 9.21 Å². The maximum atomic E-state index is 13.1. The smallest absolute Gasteiger partial charge is 0.243 e. The molecule has 0 aliphatic carbocycles. The largest absolute Gasteiger partial charge is 0.379 e. The molecule has 8 nitrogen and oxygen atoms in total. The highest BCUT2D eigenvalue weighted by Gasteiger charge is 2.26. The van der Waals surface area contributed by atoms with Crippen molar-refractivity contribution in [2.45, 2.75) is 4.90 Å². The molecule has 2 aliphatic heterocycles. The molecule has 0 atom stereocenters. The second-order valence-electron chi connectivity index (χ2n) is 7.74. The molecule has 0 aromatic heterocycles. The molecular formula is C22H27FN4O4S. The zero-order chi connectivity index (χ0) is 22.6. The second-order valence-corrected chi connectivity index (χ2v) is 9.68. The Labute approximate surface area is 187 Å². The van der Waals surface area contributed by atoms with Gasteiger partial charge in [0, 0.05) is 50.6 Å². The third-order valence-corrected chi connectivity index (χ3v) is 7.60. The van der Waals surface area contributed by atoms with Crippen LogP contribution in [0.4, 0.5) is 15.8 Å². The van der Waals surface area contributed by atoms with E-state index >= 15 is 0 Å². The lowest BCUT2D eigenvalue weighted by Gasteiger charge is -2.36. The number of amides is 1. The summed E-state index contributed by atoms with van der Waals surface area (Å²) < 4.78 is 45.4. The van der Waals surface area contributed by atoms with Crippen LogP contribution in [0.1, 0.15) is 0 Å². The van der Waals surface area contributed by atoms with Gasteiger partial charge in [0.25, 0.3) is 0 Å². The zero-order valence-electron chi connectivity index (χ0n) is 17.7. The molecule has 10 heteroatoms. The first kappa shape index (κ1) is 22.5. The molecule has 2 aliphatic rings. The van der Waals surface area contributed by atoms with Crippen LogP contribution < -0.4 is 10.2 Å². The number of carbonyl (C=O) groups excluding carboxylic acids is 1. The predicted molar refractivity (Wildman–Crippen MR) is 120 cm³/mol. The number of halogens is 1. The van der Waals surface area contributed by atoms with Crippen molar-refractivity contribution < 1.29 is 22.3 Å². The SMILES string of the molecule is O=C(CNc1cccc(S(=O)(=O)N2CCOCC2)c1)N1CCN(c2ccc(F)cc2)CC1. The van der Waals surface area contributed by atoms with Crippen molar-refractivity contribution >= 4 is 27.3 Å². The van der Waals surface area contributed by atoms with E-state index in [-0.39, 0.29) is 23.2 Å². The highest BCUT2D eigenvalue weighted by molar-refractivity contribution is 7.89. The van der Waals surface area contributed by atoms with Gasteiger partial charge in [-0.25, -0.2) is 12.8 Å². The van der Waals surface area contributed by atoms with Gasteiger partial charge in [0.2, 0.25) is 15.9 Å². The van der Waals surface area contributed by atoms with E-state index in [4.69, 9.17) is 4.74 Å². The van der Waals surface area contributed by atoms with E-state index in [1.807, 2.05) is 0 Å². The predicted octanol–water partition coefficient (Wildman–Crippen LogP) is 1.61. The molecule has 2 saturated heterocycles. The number of rotatable bonds is 6. The summed E-state index contributed by atoms with van der Waals surface area (Å²) in [4.78, 5) is 16.7. The molecule has 0 radical (unpaired) electrons. The number of nitrogens with zero attached hydrogens (tertiary/aromatic N) is 3. The normalized spacial score (nSPS) is 17.9. The fraction of sp³-hybridized carbons (Fsp3) is 0.409. The number of benzene rings is 2. The van der Waals surface area contributed by atoms with E-state index in [0.29, 0.717) is 58.2 Å². The van der Waals surface area contributed by atoms with Gasteiger partial charge in [0.05, 0.1) is 24.7 Å². The molecule has 0 saturated carbocycles. The Morgan fingerprint density at radius 2 is 1.66 bits per heavy atom. The van der Waals surface area contributed by atoms with Crippen LogP contribution in [0.25, 0.3) is 0 Å². The standard InChI is InChI=1S/C22H27FN4O4S/c23-18-4-6-20(7-5-18)25-8-10-26(11-9-25)22(28)17-24-19-2-1-3-21(16-19)32(29,30)27-12-14-31-15-13-27/h1-7,16,24H,8-15,17H2. The Balaban J connectivity index is 1.31. The first-order valence-electron chi connectivity index (χ1n) is 10.6. The van der Waals surface area contributed by atoms with Gasteiger partial charge in [-0.05, 0) is 42.5 Å². The van der Waals surface area contributed by atoms with Crippen LogP contribution >= 0.6 is 0 Å². The van der Waals surface area contributed by atoms with Crippen LogP contribution in [-0.4, -0.2) is 82.6 Å². The van der Waals surface area contributed by atoms with Crippen molar-refractivity contribution in [3.63, 3.8) is 0 Å². The fourth-order valence-electron chi connectivity index (χ4n) is 3.86. The lowest BCUT2D eigenvalue weighted by atomic mass is 10.2. The molecule has 172 valence electrons. The Morgan fingerprint density at radius 3 is 2.34 bits per heavy atom. The first-order chi connectivity index (χ1) is 15.4. The highest BCUT2D eigenvalue weighted by atomic mass is 32.2. The molecule has 0 spiro atoms. The Morgan fingerprint density at radius 1 is 0.969 bits per heavy atom. The number of hydrogen-bond donors (Lipinski definition) is 1. The second kappa shape index (κ2) is 9.85. The maximum absolute atomic E-state index is 13.1. The van der Waals surface area contributed by atoms with Gasteiger partial charge >= 0.3 is 0 Å². The molecule has 0 bridgehead atoms. The molecular weight excluding hydrogens is 435 g/mol. The van der Waals surface area contributed by atoms with Gasteiger partial charge in [0.15, 0.2) is 0 Å². The molecule has 2 aromatic carbocycles. The lowest BCUT2D eigenvalue weighted by Crippen LogP contribution is -2.50. The molecule has 2 heterocycles. The van der Waals surface area contributed by atoms with E-state index in [2.05, 4.69) is 10.2 Å². The number of sulfonamides is 1. The van der Waals surface area contributed by atoms with Gasteiger partial charge in [0.1, 0.15) is 5.82 Å². The van der Waals surface area contributed by atoms with Gasteiger partial charge in [-0.15, -0.1) is 0 Å². The summed E-state index contributed by atoms with van der Waals surface area (Å²) in [6.45, 7) is 4.02. The minimum absolute atomic E-state index is 0.0507. The topological polar surface area (TPSA) is 82.2 Å². The van der Waals surface area contributed by atoms with Crippen molar-refractivity contribution in [3.05, 3.63) is 54.3 Å². The zero-order valence-corrected chi connectivity index (χ0v) is 18.6. The lowest BCUT2D eigenvalue weighted by molar-refractivity contribution is -0.129. The monoisotopic (exact) mass is 462 g/mol. The first-order valence-corrected chi connectivity index (χ1v) is 12.1. The number of carbonyl (C=O) groups is 1. The molecule has 2 fully saturated rings. The van der Waals surface area contributed by atoms with Crippen LogP contribution in [0, 0.1) is 5.82 Å². The van der Waals surface area contributed by atoms with E-state index in [1.54, 1.807) is 41.3 Å². The van der Waals surface area contributed by atoms with Crippen molar-refractivity contribution in [3.8, 4) is 0 Å². The molecule has 1 N–H and O–H groups in total. The summed E-state index contributed by atoms with van der Waals surface area (Å²) in [5.74, 6) is -0.319. The van der Waals surface area contributed by atoms with E-state index in [1.165, 1.54) is 16.4 Å². The summed E-state index contributed by atoms with van der Waals surface area (Å²) in [5, 5.41) is 3.05. The summed E-state index contributed by atoms with van der Waals surface area (Å²) >= 11 is 0. The number of hydrogen-bond acceptors (Lipinski definition) is 6. The van der Waals surface area contributed by atoms with Crippen LogP contribution in [0.3, 0.4) is 0 Å². The van der Waals surface area contributed by atoms with Crippen LogP contribution in [0.5, 0.6) is 0 Å². The van der Waals surface area contributed by atoms with Crippen molar-refractivity contribution in [1.29, 1.82) is 0 Å². The van der Waals surface area contributed by atoms with E-state index < -0.39 is 10.0 Å².